The van der Waals surface area contributed by atoms with Gasteiger partial charge < -0.3 is 0 Å². The van der Waals surface area contributed by atoms with Crippen LogP contribution in [0.1, 0.15) is 22.1 Å². The zero-order valence-electron chi connectivity index (χ0n) is 9.85. The molecule has 0 bridgehead atoms. The molecule has 2 rings (SSSR count). The van der Waals surface area contributed by atoms with Crippen molar-refractivity contribution >= 4 is 34.8 Å². The summed E-state index contributed by atoms with van der Waals surface area (Å²) < 4.78 is 26.3. The van der Waals surface area contributed by atoms with E-state index in [1.165, 1.54) is 0 Å². The van der Waals surface area contributed by atoms with Gasteiger partial charge in [-0.3, -0.25) is 0 Å². The third-order valence-corrected chi connectivity index (χ3v) is 3.70. The van der Waals surface area contributed by atoms with Crippen LogP contribution in [-0.4, -0.2) is 0 Å². The minimum absolute atomic E-state index is 0.0801. The zero-order valence-corrected chi connectivity index (χ0v) is 12.1. The Kier molecular flexibility index (Phi) is 4.34. The van der Waals surface area contributed by atoms with Crippen LogP contribution < -0.4 is 0 Å². The quantitative estimate of drug-likeness (QED) is 0.476. The van der Waals surface area contributed by atoms with E-state index in [0.717, 1.165) is 17.7 Å². The van der Waals surface area contributed by atoms with Gasteiger partial charge in [-0.15, -0.1) is 11.6 Å². The molecule has 0 aliphatic rings. The normalized spacial score (nSPS) is 12.5. The smallest absolute Gasteiger partial charge is 0.160 e. The molecule has 0 nitrogen and oxygen atoms in total. The third-order valence-electron chi connectivity index (χ3n) is 2.67. The number of alkyl halides is 1. The first-order chi connectivity index (χ1) is 8.88. The van der Waals surface area contributed by atoms with E-state index in [4.69, 9.17) is 34.8 Å². The molecule has 0 spiro atoms. The predicted molar refractivity (Wildman–Crippen MR) is 75.3 cm³/mol. The van der Waals surface area contributed by atoms with Crippen LogP contribution in [0.15, 0.2) is 30.3 Å². The van der Waals surface area contributed by atoms with Crippen LogP contribution in [0.3, 0.4) is 0 Å². The van der Waals surface area contributed by atoms with Gasteiger partial charge in [0, 0.05) is 10.0 Å². The number of benzene rings is 2. The molecule has 2 aromatic rings. The zero-order chi connectivity index (χ0) is 14.2. The fourth-order valence-corrected chi connectivity index (χ4v) is 2.74. The fourth-order valence-electron chi connectivity index (χ4n) is 1.82. The average Bonchev–Trinajstić information content (AvgIpc) is 2.31. The van der Waals surface area contributed by atoms with Gasteiger partial charge in [-0.2, -0.15) is 0 Å². The second-order valence-corrected chi connectivity index (χ2v) is 5.49. The van der Waals surface area contributed by atoms with Gasteiger partial charge in [0.1, 0.15) is 0 Å². The van der Waals surface area contributed by atoms with E-state index in [1.807, 2.05) is 13.0 Å². The first kappa shape index (κ1) is 14.6. The minimum Gasteiger partial charge on any atom is -0.204 e. The van der Waals surface area contributed by atoms with Gasteiger partial charge in [0.2, 0.25) is 0 Å². The molecule has 0 radical (unpaired) electrons. The highest BCUT2D eigenvalue weighted by atomic mass is 35.5. The van der Waals surface area contributed by atoms with Gasteiger partial charge >= 0.3 is 0 Å². The minimum atomic E-state index is -1.00. The van der Waals surface area contributed by atoms with Crippen molar-refractivity contribution in [2.45, 2.75) is 12.3 Å². The molecule has 0 aliphatic heterocycles. The summed E-state index contributed by atoms with van der Waals surface area (Å²) in [6.45, 7) is 1.87. The lowest BCUT2D eigenvalue weighted by Gasteiger charge is -2.14. The number of hydrogen-bond acceptors (Lipinski definition) is 0. The Morgan fingerprint density at radius 1 is 0.947 bits per heavy atom. The maximum atomic E-state index is 13.3. The Hall–Kier alpha value is -0.830. The Labute approximate surface area is 124 Å². The first-order valence-electron chi connectivity index (χ1n) is 5.44. The van der Waals surface area contributed by atoms with Gasteiger partial charge in [0.05, 0.1) is 5.38 Å². The van der Waals surface area contributed by atoms with Crippen LogP contribution in [0.25, 0.3) is 0 Å². The van der Waals surface area contributed by atoms with E-state index < -0.39 is 17.0 Å². The maximum Gasteiger partial charge on any atom is 0.160 e. The number of rotatable bonds is 2. The summed E-state index contributed by atoms with van der Waals surface area (Å²) in [4.78, 5) is 0. The summed E-state index contributed by atoms with van der Waals surface area (Å²) in [7, 11) is 0. The number of halogens is 5. The molecule has 1 atom stereocenters. The molecule has 0 aliphatic carbocycles. The molecule has 5 heteroatoms. The van der Waals surface area contributed by atoms with E-state index in [-0.39, 0.29) is 5.02 Å². The van der Waals surface area contributed by atoms with E-state index >= 15 is 0 Å². The Bertz CT molecular complexity index is 606. The van der Waals surface area contributed by atoms with Crippen molar-refractivity contribution in [1.29, 1.82) is 0 Å². The Morgan fingerprint density at radius 2 is 1.58 bits per heavy atom. The summed E-state index contributed by atoms with van der Waals surface area (Å²) in [5.74, 6) is -1.98. The maximum absolute atomic E-state index is 13.3. The highest BCUT2D eigenvalue weighted by Gasteiger charge is 2.18. The van der Waals surface area contributed by atoms with Crippen molar-refractivity contribution in [3.8, 4) is 0 Å². The molecule has 1 unspecified atom stereocenters. The van der Waals surface area contributed by atoms with Crippen molar-refractivity contribution in [2.75, 3.05) is 0 Å². The largest absolute Gasteiger partial charge is 0.204 e. The highest BCUT2D eigenvalue weighted by Crippen LogP contribution is 2.36. The lowest BCUT2D eigenvalue weighted by molar-refractivity contribution is 0.507. The molecule has 0 fully saturated rings. The van der Waals surface area contributed by atoms with Crippen molar-refractivity contribution in [3.63, 3.8) is 0 Å². The van der Waals surface area contributed by atoms with Crippen LogP contribution in [0, 0.1) is 18.6 Å². The molecule has 2 aromatic carbocycles. The molecule has 19 heavy (non-hydrogen) atoms. The Balaban J connectivity index is 2.49. The lowest BCUT2D eigenvalue weighted by Crippen LogP contribution is -1.98. The SMILES string of the molecule is Cc1cc(Cl)cc(C(Cl)c2cc(F)c(F)cc2Cl)c1. The van der Waals surface area contributed by atoms with Gasteiger partial charge in [0.25, 0.3) is 0 Å². The number of hydrogen-bond donors (Lipinski definition) is 0. The van der Waals surface area contributed by atoms with Crippen molar-refractivity contribution in [2.24, 2.45) is 0 Å². The van der Waals surface area contributed by atoms with Gasteiger partial charge in [0.15, 0.2) is 11.6 Å². The van der Waals surface area contributed by atoms with Gasteiger partial charge in [-0.05, 0) is 47.9 Å². The van der Waals surface area contributed by atoms with Crippen molar-refractivity contribution < 1.29 is 8.78 Å². The van der Waals surface area contributed by atoms with Gasteiger partial charge in [-0.25, -0.2) is 8.78 Å². The lowest BCUT2D eigenvalue weighted by atomic mass is 10.0. The summed E-state index contributed by atoms with van der Waals surface area (Å²) in [6, 6.07) is 7.19. The summed E-state index contributed by atoms with van der Waals surface area (Å²) in [5.41, 5.74) is 1.91. The molecule has 0 saturated carbocycles. The Morgan fingerprint density at radius 3 is 2.21 bits per heavy atom. The molecule has 0 amide bonds. The molecular weight excluding hydrogens is 313 g/mol. The molecule has 100 valence electrons. The van der Waals surface area contributed by atoms with E-state index in [0.29, 0.717) is 16.1 Å². The first-order valence-corrected chi connectivity index (χ1v) is 6.63. The van der Waals surface area contributed by atoms with Crippen molar-refractivity contribution in [1.82, 2.24) is 0 Å². The van der Waals surface area contributed by atoms with Crippen molar-refractivity contribution in [3.05, 3.63) is 68.7 Å². The van der Waals surface area contributed by atoms with E-state index in [1.54, 1.807) is 12.1 Å². The summed E-state index contributed by atoms with van der Waals surface area (Å²) in [5, 5.41) is -0.0871. The molecular formula is C14H9Cl3F2. The molecule has 0 N–H and O–H groups in total. The summed E-state index contributed by atoms with van der Waals surface area (Å²) >= 11 is 18.1. The van der Waals surface area contributed by atoms with E-state index in [9.17, 15) is 8.78 Å². The monoisotopic (exact) mass is 320 g/mol. The molecule has 0 aromatic heterocycles. The van der Waals surface area contributed by atoms with Crippen LogP contribution in [0.4, 0.5) is 8.78 Å². The summed E-state index contributed by atoms with van der Waals surface area (Å²) in [6.07, 6.45) is 0. The van der Waals surface area contributed by atoms with Crippen LogP contribution in [0.5, 0.6) is 0 Å². The standard InChI is InChI=1S/C14H9Cl3F2/c1-7-2-8(4-9(15)3-7)14(17)10-5-12(18)13(19)6-11(10)16/h2-6,14H,1H3. The third kappa shape index (κ3) is 3.19. The average molecular weight is 322 g/mol. The second kappa shape index (κ2) is 5.66. The molecule has 0 saturated heterocycles. The topological polar surface area (TPSA) is 0 Å². The second-order valence-electron chi connectivity index (χ2n) is 4.21. The fraction of sp³-hybridized carbons (Fsp3) is 0.143. The predicted octanol–water partition coefficient (Wildman–Crippen LogP) is 5.91. The van der Waals surface area contributed by atoms with E-state index in [2.05, 4.69) is 0 Å². The highest BCUT2D eigenvalue weighted by molar-refractivity contribution is 6.33. The molecule has 0 heterocycles. The van der Waals surface area contributed by atoms with Crippen LogP contribution >= 0.6 is 34.8 Å². The van der Waals surface area contributed by atoms with Crippen LogP contribution in [0.2, 0.25) is 10.0 Å². The van der Waals surface area contributed by atoms with Crippen LogP contribution in [-0.2, 0) is 0 Å². The van der Waals surface area contributed by atoms with Gasteiger partial charge in [-0.1, -0.05) is 29.3 Å². The number of aryl methyl sites for hydroxylation is 1.